The van der Waals surface area contributed by atoms with Crippen LogP contribution in [0.5, 0.6) is 5.75 Å². The molecule has 6 heteroatoms. The SMILES string of the molecule is COc1ccc(C(O)=C2C(=O)C(=O)N(Cc3ccccc3)C2c2ccc(F)cc2)cc1. The maximum atomic E-state index is 13.5. The van der Waals surface area contributed by atoms with Gasteiger partial charge in [0.1, 0.15) is 17.3 Å². The summed E-state index contributed by atoms with van der Waals surface area (Å²) < 4.78 is 18.7. The minimum atomic E-state index is -0.845. The normalized spacial score (nSPS) is 17.7. The number of amides is 1. The molecule has 0 spiro atoms. The van der Waals surface area contributed by atoms with Gasteiger partial charge in [0, 0.05) is 12.1 Å². The fourth-order valence-electron chi connectivity index (χ4n) is 3.72. The third-order valence-electron chi connectivity index (χ3n) is 5.28. The largest absolute Gasteiger partial charge is 0.507 e. The summed E-state index contributed by atoms with van der Waals surface area (Å²) in [7, 11) is 1.53. The summed E-state index contributed by atoms with van der Waals surface area (Å²) in [5.74, 6) is -1.62. The molecule has 0 radical (unpaired) electrons. The van der Waals surface area contributed by atoms with Gasteiger partial charge in [0.15, 0.2) is 0 Å². The molecule has 4 rings (SSSR count). The highest BCUT2D eigenvalue weighted by Gasteiger charge is 2.46. The number of likely N-dealkylation sites (tertiary alicyclic amines) is 1. The van der Waals surface area contributed by atoms with E-state index in [9.17, 15) is 19.1 Å². The molecule has 1 heterocycles. The van der Waals surface area contributed by atoms with Gasteiger partial charge in [0.05, 0.1) is 18.7 Å². The van der Waals surface area contributed by atoms with Gasteiger partial charge in [0.25, 0.3) is 11.7 Å². The zero-order valence-corrected chi connectivity index (χ0v) is 16.8. The van der Waals surface area contributed by atoms with Crippen molar-refractivity contribution in [3.63, 3.8) is 0 Å². The predicted octanol–water partition coefficient (Wildman–Crippen LogP) is 4.46. The second kappa shape index (κ2) is 8.44. The number of hydrogen-bond acceptors (Lipinski definition) is 4. The first-order chi connectivity index (χ1) is 15.0. The number of Topliss-reactive ketones (excluding diaryl/α,β-unsaturated/α-hetero) is 1. The number of nitrogens with zero attached hydrogens (tertiary/aromatic N) is 1. The molecule has 1 aliphatic rings. The van der Waals surface area contributed by atoms with E-state index in [1.165, 1.54) is 36.3 Å². The quantitative estimate of drug-likeness (QED) is 0.378. The number of ketones is 1. The molecule has 1 aliphatic heterocycles. The van der Waals surface area contributed by atoms with Crippen LogP contribution in [0.25, 0.3) is 5.76 Å². The van der Waals surface area contributed by atoms with Gasteiger partial charge in [-0.05, 0) is 47.5 Å². The average molecular weight is 417 g/mol. The van der Waals surface area contributed by atoms with Crippen molar-refractivity contribution in [2.75, 3.05) is 7.11 Å². The summed E-state index contributed by atoms with van der Waals surface area (Å²) in [6.45, 7) is 0.173. The number of aliphatic hydroxyl groups is 1. The molecule has 1 N–H and O–H groups in total. The lowest BCUT2D eigenvalue weighted by molar-refractivity contribution is -0.140. The van der Waals surface area contributed by atoms with Crippen LogP contribution in [0.2, 0.25) is 0 Å². The van der Waals surface area contributed by atoms with E-state index in [1.54, 1.807) is 24.3 Å². The number of methoxy groups -OCH3 is 1. The van der Waals surface area contributed by atoms with Gasteiger partial charge in [-0.25, -0.2) is 4.39 Å². The average Bonchev–Trinajstić information content (AvgIpc) is 3.05. The summed E-state index contributed by atoms with van der Waals surface area (Å²) in [4.78, 5) is 27.3. The van der Waals surface area contributed by atoms with Crippen LogP contribution in [0.3, 0.4) is 0 Å². The lowest BCUT2D eigenvalue weighted by Gasteiger charge is -2.25. The molecular formula is C25H20FNO4. The zero-order valence-electron chi connectivity index (χ0n) is 16.8. The molecule has 1 saturated heterocycles. The van der Waals surface area contributed by atoms with Crippen LogP contribution in [0.15, 0.2) is 84.4 Å². The van der Waals surface area contributed by atoms with Crippen LogP contribution in [-0.4, -0.2) is 28.8 Å². The van der Waals surface area contributed by atoms with Crippen molar-refractivity contribution in [3.8, 4) is 5.75 Å². The van der Waals surface area contributed by atoms with Gasteiger partial charge in [0.2, 0.25) is 0 Å². The van der Waals surface area contributed by atoms with Crippen LogP contribution in [-0.2, 0) is 16.1 Å². The van der Waals surface area contributed by atoms with Crippen molar-refractivity contribution in [3.05, 3.63) is 107 Å². The number of carbonyl (C=O) groups is 2. The monoisotopic (exact) mass is 417 g/mol. The Balaban J connectivity index is 1.84. The van der Waals surface area contributed by atoms with Gasteiger partial charge in [-0.3, -0.25) is 9.59 Å². The molecule has 3 aromatic rings. The topological polar surface area (TPSA) is 66.8 Å². The second-order valence-corrected chi connectivity index (χ2v) is 7.19. The number of benzene rings is 3. The van der Waals surface area contributed by atoms with Crippen molar-refractivity contribution in [1.29, 1.82) is 0 Å². The minimum Gasteiger partial charge on any atom is -0.507 e. The summed E-state index contributed by atoms with van der Waals surface area (Å²) >= 11 is 0. The number of hydrogen-bond donors (Lipinski definition) is 1. The van der Waals surface area contributed by atoms with E-state index < -0.39 is 23.5 Å². The first-order valence-electron chi connectivity index (χ1n) is 9.72. The van der Waals surface area contributed by atoms with Crippen LogP contribution < -0.4 is 4.74 Å². The maximum absolute atomic E-state index is 13.5. The summed E-state index contributed by atoms with van der Waals surface area (Å²) in [6, 6.07) is 20.5. The molecule has 1 unspecified atom stereocenters. The van der Waals surface area contributed by atoms with Crippen molar-refractivity contribution in [2.24, 2.45) is 0 Å². The van der Waals surface area contributed by atoms with Crippen molar-refractivity contribution in [1.82, 2.24) is 4.90 Å². The number of ether oxygens (including phenoxy) is 1. The predicted molar refractivity (Wildman–Crippen MR) is 114 cm³/mol. The van der Waals surface area contributed by atoms with Crippen LogP contribution in [0, 0.1) is 5.82 Å². The van der Waals surface area contributed by atoms with Gasteiger partial charge in [-0.2, -0.15) is 0 Å². The smallest absolute Gasteiger partial charge is 0.295 e. The highest BCUT2D eigenvalue weighted by atomic mass is 19.1. The summed E-state index contributed by atoms with van der Waals surface area (Å²) in [6.07, 6.45) is 0. The molecule has 0 aliphatic carbocycles. The highest BCUT2D eigenvalue weighted by molar-refractivity contribution is 6.46. The zero-order chi connectivity index (χ0) is 22.0. The molecule has 1 fully saturated rings. The Morgan fingerprint density at radius 2 is 1.61 bits per heavy atom. The number of aliphatic hydroxyl groups excluding tert-OH is 1. The summed E-state index contributed by atoms with van der Waals surface area (Å²) in [5, 5.41) is 11.0. The lowest BCUT2D eigenvalue weighted by Crippen LogP contribution is -2.29. The number of rotatable bonds is 5. The van der Waals surface area contributed by atoms with E-state index >= 15 is 0 Å². The summed E-state index contributed by atoms with van der Waals surface area (Å²) in [5.41, 5.74) is 1.72. The molecule has 3 aromatic carbocycles. The van der Waals surface area contributed by atoms with Gasteiger partial charge in [-0.1, -0.05) is 42.5 Å². The van der Waals surface area contributed by atoms with Crippen molar-refractivity contribution in [2.45, 2.75) is 12.6 Å². The van der Waals surface area contributed by atoms with E-state index in [0.29, 0.717) is 16.9 Å². The van der Waals surface area contributed by atoms with Gasteiger partial charge < -0.3 is 14.7 Å². The second-order valence-electron chi connectivity index (χ2n) is 7.19. The molecule has 0 bridgehead atoms. The Bertz CT molecular complexity index is 1140. The highest BCUT2D eigenvalue weighted by Crippen LogP contribution is 2.40. The van der Waals surface area contributed by atoms with E-state index in [1.807, 2.05) is 30.3 Å². The first kappa shape index (κ1) is 20.3. The molecular weight excluding hydrogens is 397 g/mol. The van der Waals surface area contributed by atoms with E-state index in [2.05, 4.69) is 0 Å². The standard InChI is InChI=1S/C25H20FNO4/c1-31-20-13-9-18(10-14-20)23(28)21-22(17-7-11-19(26)12-8-17)27(25(30)24(21)29)15-16-5-3-2-4-6-16/h2-14,22,28H,15H2,1H3. The fourth-order valence-corrected chi connectivity index (χ4v) is 3.72. The molecule has 1 atom stereocenters. The Morgan fingerprint density at radius 1 is 0.968 bits per heavy atom. The van der Waals surface area contributed by atoms with Crippen LogP contribution >= 0.6 is 0 Å². The Morgan fingerprint density at radius 3 is 2.23 bits per heavy atom. The molecule has 5 nitrogen and oxygen atoms in total. The molecule has 156 valence electrons. The molecule has 0 aromatic heterocycles. The fraction of sp³-hybridized carbons (Fsp3) is 0.120. The third kappa shape index (κ3) is 3.92. The van der Waals surface area contributed by atoms with Crippen LogP contribution in [0.1, 0.15) is 22.7 Å². The first-order valence-corrected chi connectivity index (χ1v) is 9.72. The van der Waals surface area contributed by atoms with E-state index in [4.69, 9.17) is 4.74 Å². The van der Waals surface area contributed by atoms with Crippen molar-refractivity contribution >= 4 is 17.4 Å². The van der Waals surface area contributed by atoms with E-state index in [-0.39, 0.29) is 17.9 Å². The number of carbonyl (C=O) groups excluding carboxylic acids is 2. The van der Waals surface area contributed by atoms with Crippen LogP contribution in [0.4, 0.5) is 4.39 Å². The Hall–Kier alpha value is -3.93. The molecule has 31 heavy (non-hydrogen) atoms. The molecule has 0 saturated carbocycles. The van der Waals surface area contributed by atoms with Gasteiger partial charge >= 0.3 is 0 Å². The Labute approximate surface area is 179 Å². The van der Waals surface area contributed by atoms with Gasteiger partial charge in [-0.15, -0.1) is 0 Å². The lowest BCUT2D eigenvalue weighted by atomic mass is 9.95. The minimum absolute atomic E-state index is 0.0299. The number of halogens is 1. The molecule has 1 amide bonds. The third-order valence-corrected chi connectivity index (χ3v) is 5.28. The maximum Gasteiger partial charge on any atom is 0.295 e. The van der Waals surface area contributed by atoms with E-state index in [0.717, 1.165) is 5.56 Å². The Kier molecular flexibility index (Phi) is 5.54. The van der Waals surface area contributed by atoms with Crippen molar-refractivity contribution < 1.29 is 23.8 Å².